The molecule has 0 aromatic heterocycles. The SMILES string of the molecule is O=S1(=Nc2ccc(F)cc2)CCCCC1. The molecule has 1 fully saturated rings. The molecule has 2 rings (SSSR count). The summed E-state index contributed by atoms with van der Waals surface area (Å²) in [4.78, 5) is 0. The summed E-state index contributed by atoms with van der Waals surface area (Å²) in [6.07, 6.45) is 3.13. The molecule has 15 heavy (non-hydrogen) atoms. The van der Waals surface area contributed by atoms with Crippen LogP contribution in [0.15, 0.2) is 28.6 Å². The number of hydrogen-bond acceptors (Lipinski definition) is 2. The molecule has 1 aromatic rings. The van der Waals surface area contributed by atoms with E-state index in [1.54, 1.807) is 12.1 Å². The van der Waals surface area contributed by atoms with E-state index in [4.69, 9.17) is 0 Å². The Morgan fingerprint density at radius 2 is 1.67 bits per heavy atom. The molecule has 1 saturated heterocycles. The standard InChI is InChI=1S/C11H14FNOS/c12-10-4-6-11(7-5-10)13-15(14)8-2-1-3-9-15/h4-7H,1-3,8-9H2. The lowest BCUT2D eigenvalue weighted by Gasteiger charge is -2.14. The normalized spacial score (nSPS) is 19.8. The summed E-state index contributed by atoms with van der Waals surface area (Å²) in [5, 5.41) is 0. The Morgan fingerprint density at radius 1 is 1.07 bits per heavy atom. The highest BCUT2D eigenvalue weighted by Gasteiger charge is 2.14. The van der Waals surface area contributed by atoms with E-state index >= 15 is 0 Å². The summed E-state index contributed by atoms with van der Waals surface area (Å²) >= 11 is 0. The molecule has 1 aliphatic rings. The Balaban J connectivity index is 2.28. The molecular formula is C11H14FNOS. The van der Waals surface area contributed by atoms with Crippen LogP contribution < -0.4 is 0 Å². The van der Waals surface area contributed by atoms with E-state index in [1.165, 1.54) is 12.1 Å². The maximum absolute atomic E-state index is 12.6. The molecule has 2 nitrogen and oxygen atoms in total. The lowest BCUT2D eigenvalue weighted by Crippen LogP contribution is -2.15. The fourth-order valence-corrected chi connectivity index (χ4v) is 3.92. The molecule has 1 aromatic carbocycles. The second-order valence-electron chi connectivity index (χ2n) is 3.81. The minimum Gasteiger partial charge on any atom is -0.249 e. The molecular weight excluding hydrogens is 213 g/mol. The third-order valence-corrected chi connectivity index (χ3v) is 4.92. The molecule has 0 amide bonds. The van der Waals surface area contributed by atoms with Gasteiger partial charge in [-0.15, -0.1) is 0 Å². The zero-order chi connectivity index (χ0) is 10.7. The Bertz CT molecular complexity index is 434. The Morgan fingerprint density at radius 3 is 2.27 bits per heavy atom. The summed E-state index contributed by atoms with van der Waals surface area (Å²) in [5.41, 5.74) is 0.628. The molecule has 0 bridgehead atoms. The molecule has 0 unspecified atom stereocenters. The van der Waals surface area contributed by atoms with Gasteiger partial charge < -0.3 is 0 Å². The van der Waals surface area contributed by atoms with Crippen LogP contribution in [0, 0.1) is 5.82 Å². The van der Waals surface area contributed by atoms with Crippen molar-refractivity contribution in [2.75, 3.05) is 11.5 Å². The van der Waals surface area contributed by atoms with Gasteiger partial charge in [0.05, 0.1) is 15.4 Å². The lowest BCUT2D eigenvalue weighted by atomic mass is 10.3. The van der Waals surface area contributed by atoms with Crippen LogP contribution in [0.1, 0.15) is 19.3 Å². The van der Waals surface area contributed by atoms with E-state index < -0.39 is 9.73 Å². The Kier molecular flexibility index (Phi) is 3.05. The van der Waals surface area contributed by atoms with Crippen LogP contribution in [0.4, 0.5) is 10.1 Å². The predicted molar refractivity (Wildman–Crippen MR) is 60.2 cm³/mol. The highest BCUT2D eigenvalue weighted by molar-refractivity contribution is 7.93. The highest BCUT2D eigenvalue weighted by atomic mass is 32.2. The van der Waals surface area contributed by atoms with Gasteiger partial charge in [-0.3, -0.25) is 0 Å². The fourth-order valence-electron chi connectivity index (χ4n) is 1.72. The average molecular weight is 227 g/mol. The van der Waals surface area contributed by atoms with Gasteiger partial charge in [0.1, 0.15) is 5.82 Å². The second-order valence-corrected chi connectivity index (χ2v) is 6.35. The smallest absolute Gasteiger partial charge is 0.123 e. The summed E-state index contributed by atoms with van der Waals surface area (Å²) in [6.45, 7) is 0. The summed E-state index contributed by atoms with van der Waals surface area (Å²) < 4.78 is 29.1. The minimum absolute atomic E-state index is 0.285. The largest absolute Gasteiger partial charge is 0.249 e. The second kappa shape index (κ2) is 4.31. The molecule has 0 saturated carbocycles. The van der Waals surface area contributed by atoms with Crippen molar-refractivity contribution in [3.63, 3.8) is 0 Å². The van der Waals surface area contributed by atoms with Gasteiger partial charge in [-0.1, -0.05) is 6.42 Å². The molecule has 1 heterocycles. The van der Waals surface area contributed by atoms with Crippen LogP contribution in [-0.2, 0) is 9.73 Å². The Hall–Kier alpha value is -0.900. The third-order valence-electron chi connectivity index (χ3n) is 2.52. The highest BCUT2D eigenvalue weighted by Crippen LogP contribution is 2.20. The van der Waals surface area contributed by atoms with Crippen molar-refractivity contribution < 1.29 is 8.60 Å². The molecule has 0 spiro atoms. The van der Waals surface area contributed by atoms with Gasteiger partial charge in [-0.05, 0) is 37.1 Å². The maximum atomic E-state index is 12.6. The van der Waals surface area contributed by atoms with Gasteiger partial charge in [0.2, 0.25) is 0 Å². The Labute approximate surface area is 89.7 Å². The van der Waals surface area contributed by atoms with Crippen molar-refractivity contribution >= 4 is 15.4 Å². The van der Waals surface area contributed by atoms with E-state index in [9.17, 15) is 8.60 Å². The number of hydrogen-bond donors (Lipinski definition) is 0. The van der Waals surface area contributed by atoms with Crippen LogP contribution in [0.25, 0.3) is 0 Å². The quantitative estimate of drug-likeness (QED) is 0.724. The summed E-state index contributed by atoms with van der Waals surface area (Å²) in [7, 11) is -2.05. The first-order chi connectivity index (χ1) is 7.18. The van der Waals surface area contributed by atoms with Crippen molar-refractivity contribution in [2.45, 2.75) is 19.3 Å². The molecule has 0 radical (unpaired) electrons. The first-order valence-corrected chi connectivity index (χ1v) is 7.01. The zero-order valence-corrected chi connectivity index (χ0v) is 9.30. The van der Waals surface area contributed by atoms with Crippen LogP contribution in [0.5, 0.6) is 0 Å². The maximum Gasteiger partial charge on any atom is 0.123 e. The van der Waals surface area contributed by atoms with E-state index in [2.05, 4.69) is 4.36 Å². The zero-order valence-electron chi connectivity index (χ0n) is 8.49. The third kappa shape index (κ3) is 2.78. The van der Waals surface area contributed by atoms with Crippen molar-refractivity contribution in [1.82, 2.24) is 0 Å². The van der Waals surface area contributed by atoms with Gasteiger partial charge in [0.15, 0.2) is 0 Å². The summed E-state index contributed by atoms with van der Waals surface area (Å²) in [6, 6.07) is 5.86. The molecule has 0 atom stereocenters. The first-order valence-electron chi connectivity index (χ1n) is 5.16. The number of benzene rings is 1. The van der Waals surface area contributed by atoms with E-state index in [1.807, 2.05) is 0 Å². The van der Waals surface area contributed by atoms with Crippen molar-refractivity contribution in [1.29, 1.82) is 0 Å². The van der Waals surface area contributed by atoms with Crippen LogP contribution >= 0.6 is 0 Å². The number of rotatable bonds is 1. The van der Waals surface area contributed by atoms with Crippen LogP contribution in [-0.4, -0.2) is 15.7 Å². The van der Waals surface area contributed by atoms with Crippen molar-refractivity contribution in [3.8, 4) is 0 Å². The molecule has 0 aliphatic carbocycles. The molecule has 4 heteroatoms. The lowest BCUT2D eigenvalue weighted by molar-refractivity contribution is 0.628. The fraction of sp³-hybridized carbons (Fsp3) is 0.455. The number of halogens is 1. The van der Waals surface area contributed by atoms with Gasteiger partial charge in [-0.25, -0.2) is 8.60 Å². The van der Waals surface area contributed by atoms with Gasteiger partial charge in [0, 0.05) is 11.5 Å². The van der Waals surface area contributed by atoms with E-state index in [0.717, 1.165) is 19.3 Å². The minimum atomic E-state index is -2.05. The monoisotopic (exact) mass is 227 g/mol. The van der Waals surface area contributed by atoms with Gasteiger partial charge in [-0.2, -0.15) is 4.36 Å². The van der Waals surface area contributed by atoms with E-state index in [0.29, 0.717) is 17.2 Å². The van der Waals surface area contributed by atoms with Crippen LogP contribution in [0.2, 0.25) is 0 Å². The first kappa shape index (κ1) is 10.6. The average Bonchev–Trinajstić information content (AvgIpc) is 2.22. The number of nitrogens with zero attached hydrogens (tertiary/aromatic N) is 1. The summed E-state index contributed by atoms with van der Waals surface area (Å²) in [5.74, 6) is 1.09. The molecule has 1 aliphatic heterocycles. The van der Waals surface area contributed by atoms with Gasteiger partial charge >= 0.3 is 0 Å². The molecule has 82 valence electrons. The topological polar surface area (TPSA) is 29.4 Å². The molecule has 0 N–H and O–H groups in total. The van der Waals surface area contributed by atoms with Crippen LogP contribution in [0.3, 0.4) is 0 Å². The van der Waals surface area contributed by atoms with Gasteiger partial charge in [0.25, 0.3) is 0 Å². The van der Waals surface area contributed by atoms with Crippen molar-refractivity contribution in [3.05, 3.63) is 30.1 Å². The van der Waals surface area contributed by atoms with Crippen molar-refractivity contribution in [2.24, 2.45) is 4.36 Å². The van der Waals surface area contributed by atoms with E-state index in [-0.39, 0.29) is 5.82 Å². The predicted octanol–water partition coefficient (Wildman–Crippen LogP) is 3.11.